The third-order valence-corrected chi connectivity index (χ3v) is 2.41. The SMILES string of the molecule is CC(=O)Nc1c(Cl)ccc(C(F)(F)F)c1Cl. The predicted octanol–water partition coefficient (Wildman–Crippen LogP) is 3.97. The van der Waals surface area contributed by atoms with Crippen LogP contribution in [0.1, 0.15) is 12.5 Å². The molecule has 0 aromatic heterocycles. The van der Waals surface area contributed by atoms with Crippen molar-refractivity contribution >= 4 is 34.8 Å². The smallest absolute Gasteiger partial charge is 0.324 e. The lowest BCUT2D eigenvalue weighted by molar-refractivity contribution is -0.137. The van der Waals surface area contributed by atoms with E-state index < -0.39 is 22.7 Å². The van der Waals surface area contributed by atoms with Crippen LogP contribution in [0.2, 0.25) is 10.0 Å². The Labute approximate surface area is 99.3 Å². The van der Waals surface area contributed by atoms with E-state index in [0.717, 1.165) is 19.1 Å². The zero-order valence-corrected chi connectivity index (χ0v) is 9.46. The Morgan fingerprint density at radius 2 is 1.88 bits per heavy atom. The summed E-state index contributed by atoms with van der Waals surface area (Å²) in [6.07, 6.45) is -4.59. The van der Waals surface area contributed by atoms with Crippen LogP contribution in [0.15, 0.2) is 12.1 Å². The van der Waals surface area contributed by atoms with Crippen molar-refractivity contribution in [1.82, 2.24) is 0 Å². The van der Waals surface area contributed by atoms with Gasteiger partial charge in [-0.25, -0.2) is 0 Å². The lowest BCUT2D eigenvalue weighted by atomic mass is 10.2. The van der Waals surface area contributed by atoms with Gasteiger partial charge in [-0.05, 0) is 12.1 Å². The van der Waals surface area contributed by atoms with Crippen molar-refractivity contribution in [2.75, 3.05) is 5.32 Å². The molecule has 7 heteroatoms. The van der Waals surface area contributed by atoms with Gasteiger partial charge in [-0.3, -0.25) is 4.79 Å². The third-order valence-electron chi connectivity index (χ3n) is 1.70. The second-order valence-electron chi connectivity index (χ2n) is 2.96. The summed E-state index contributed by atoms with van der Waals surface area (Å²) in [6, 6.07) is 1.79. The average Bonchev–Trinajstić information content (AvgIpc) is 2.09. The Bertz CT molecular complexity index is 431. The second kappa shape index (κ2) is 4.51. The van der Waals surface area contributed by atoms with Crippen molar-refractivity contribution in [3.05, 3.63) is 27.7 Å². The Balaban J connectivity index is 3.33. The molecule has 0 bridgehead atoms. The Morgan fingerprint density at radius 1 is 1.31 bits per heavy atom. The highest BCUT2D eigenvalue weighted by Crippen LogP contribution is 2.41. The maximum atomic E-state index is 12.5. The molecule has 0 aliphatic rings. The molecule has 0 aliphatic carbocycles. The van der Waals surface area contributed by atoms with Crippen molar-refractivity contribution in [3.63, 3.8) is 0 Å². The fourth-order valence-electron chi connectivity index (χ4n) is 1.06. The van der Waals surface area contributed by atoms with Gasteiger partial charge in [0.2, 0.25) is 5.91 Å². The highest BCUT2D eigenvalue weighted by atomic mass is 35.5. The molecule has 0 heterocycles. The molecule has 1 aromatic rings. The first kappa shape index (κ1) is 13.1. The van der Waals surface area contributed by atoms with E-state index in [1.807, 2.05) is 0 Å². The topological polar surface area (TPSA) is 29.1 Å². The Hall–Kier alpha value is -0.940. The summed E-state index contributed by atoms with van der Waals surface area (Å²) in [5, 5.41) is 1.49. The molecule has 0 aliphatic heterocycles. The fourth-order valence-corrected chi connectivity index (χ4v) is 1.63. The van der Waals surface area contributed by atoms with Gasteiger partial charge < -0.3 is 5.32 Å². The van der Waals surface area contributed by atoms with Crippen molar-refractivity contribution < 1.29 is 18.0 Å². The summed E-state index contributed by atoms with van der Waals surface area (Å²) < 4.78 is 37.4. The summed E-state index contributed by atoms with van der Waals surface area (Å²) in [5.74, 6) is -0.553. The van der Waals surface area contributed by atoms with Gasteiger partial charge in [-0.1, -0.05) is 23.2 Å². The van der Waals surface area contributed by atoms with Crippen molar-refractivity contribution in [1.29, 1.82) is 0 Å². The van der Waals surface area contributed by atoms with Crippen molar-refractivity contribution in [2.24, 2.45) is 0 Å². The number of nitrogens with one attached hydrogen (secondary N) is 1. The van der Waals surface area contributed by atoms with E-state index in [0.29, 0.717) is 0 Å². The molecule has 0 saturated heterocycles. The van der Waals surface area contributed by atoms with Crippen LogP contribution >= 0.6 is 23.2 Å². The third kappa shape index (κ3) is 2.80. The summed E-state index contributed by atoms with van der Waals surface area (Å²) >= 11 is 11.2. The van der Waals surface area contributed by atoms with Gasteiger partial charge in [0.1, 0.15) is 0 Å². The number of rotatable bonds is 1. The number of carbonyl (C=O) groups excluding carboxylic acids is 1. The maximum Gasteiger partial charge on any atom is 0.417 e. The summed E-state index contributed by atoms with van der Waals surface area (Å²) in [6.45, 7) is 1.15. The van der Waals surface area contributed by atoms with Gasteiger partial charge in [0.25, 0.3) is 0 Å². The monoisotopic (exact) mass is 271 g/mol. The number of hydrogen-bond acceptors (Lipinski definition) is 1. The minimum Gasteiger partial charge on any atom is -0.324 e. The minimum atomic E-state index is -4.59. The molecule has 1 aromatic carbocycles. The van der Waals surface area contributed by atoms with E-state index in [1.165, 1.54) is 0 Å². The predicted molar refractivity (Wildman–Crippen MR) is 55.8 cm³/mol. The first-order valence-electron chi connectivity index (χ1n) is 4.06. The number of carbonyl (C=O) groups is 1. The molecule has 0 unspecified atom stereocenters. The summed E-state index contributed by atoms with van der Waals surface area (Å²) in [5.41, 5.74) is -1.27. The van der Waals surface area contributed by atoms with Crippen LogP contribution in [-0.4, -0.2) is 5.91 Å². The molecule has 0 atom stereocenters. The molecular formula is C9H6Cl2F3NO. The van der Waals surface area contributed by atoms with Crippen LogP contribution in [-0.2, 0) is 11.0 Å². The van der Waals surface area contributed by atoms with Crippen LogP contribution in [0.25, 0.3) is 0 Å². The van der Waals surface area contributed by atoms with E-state index >= 15 is 0 Å². The molecule has 1 rings (SSSR count). The number of benzene rings is 1. The molecule has 88 valence electrons. The molecule has 2 nitrogen and oxygen atoms in total. The molecule has 0 saturated carbocycles. The van der Waals surface area contributed by atoms with Gasteiger partial charge in [0, 0.05) is 6.92 Å². The fraction of sp³-hybridized carbons (Fsp3) is 0.222. The number of anilines is 1. The van der Waals surface area contributed by atoms with Crippen LogP contribution in [0, 0.1) is 0 Å². The Kier molecular flexibility index (Phi) is 3.70. The summed E-state index contributed by atoms with van der Waals surface area (Å²) in [7, 11) is 0. The standard InChI is InChI=1S/C9H6Cl2F3NO/c1-4(16)15-8-6(10)3-2-5(7(8)11)9(12,13)14/h2-3H,1H3,(H,15,16). The van der Waals surface area contributed by atoms with Crippen LogP contribution in [0.5, 0.6) is 0 Å². The quantitative estimate of drug-likeness (QED) is 0.823. The highest BCUT2D eigenvalue weighted by Gasteiger charge is 2.34. The van der Waals surface area contributed by atoms with E-state index in [2.05, 4.69) is 5.32 Å². The molecule has 1 N–H and O–H groups in total. The zero-order chi connectivity index (χ0) is 12.5. The molecule has 0 radical (unpaired) electrons. The second-order valence-corrected chi connectivity index (χ2v) is 3.75. The first-order valence-corrected chi connectivity index (χ1v) is 4.82. The van der Waals surface area contributed by atoms with Crippen molar-refractivity contribution in [3.8, 4) is 0 Å². The largest absolute Gasteiger partial charge is 0.417 e. The van der Waals surface area contributed by atoms with E-state index in [1.54, 1.807) is 0 Å². The van der Waals surface area contributed by atoms with Crippen LogP contribution in [0.4, 0.5) is 18.9 Å². The van der Waals surface area contributed by atoms with Gasteiger partial charge >= 0.3 is 6.18 Å². The van der Waals surface area contributed by atoms with Gasteiger partial charge in [-0.2, -0.15) is 13.2 Å². The van der Waals surface area contributed by atoms with Crippen molar-refractivity contribution in [2.45, 2.75) is 13.1 Å². The lowest BCUT2D eigenvalue weighted by Gasteiger charge is -2.13. The number of alkyl halides is 3. The molecular weight excluding hydrogens is 266 g/mol. The first-order chi connectivity index (χ1) is 7.23. The lowest BCUT2D eigenvalue weighted by Crippen LogP contribution is -2.11. The normalized spacial score (nSPS) is 11.4. The van der Waals surface area contributed by atoms with E-state index in [4.69, 9.17) is 23.2 Å². The van der Waals surface area contributed by atoms with Gasteiger partial charge in [0.05, 0.1) is 21.3 Å². The molecule has 0 fully saturated rings. The molecule has 16 heavy (non-hydrogen) atoms. The maximum absolute atomic E-state index is 12.5. The van der Waals surface area contributed by atoms with Crippen LogP contribution < -0.4 is 5.32 Å². The van der Waals surface area contributed by atoms with Crippen LogP contribution in [0.3, 0.4) is 0 Å². The number of hydrogen-bond donors (Lipinski definition) is 1. The average molecular weight is 272 g/mol. The van der Waals surface area contributed by atoms with Gasteiger partial charge in [-0.15, -0.1) is 0 Å². The Morgan fingerprint density at radius 3 is 2.31 bits per heavy atom. The highest BCUT2D eigenvalue weighted by molar-refractivity contribution is 6.40. The molecule has 1 amide bonds. The zero-order valence-electron chi connectivity index (χ0n) is 7.95. The van der Waals surface area contributed by atoms with E-state index in [-0.39, 0.29) is 10.7 Å². The van der Waals surface area contributed by atoms with Gasteiger partial charge in [0.15, 0.2) is 0 Å². The minimum absolute atomic E-state index is 0.0480. The number of halogens is 5. The number of amides is 1. The summed E-state index contributed by atoms with van der Waals surface area (Å²) in [4.78, 5) is 10.8. The molecule has 0 spiro atoms. The van der Waals surface area contributed by atoms with E-state index in [9.17, 15) is 18.0 Å².